The van der Waals surface area contributed by atoms with E-state index in [0.29, 0.717) is 6.04 Å². The largest absolute Gasteiger partial charge is 0.490 e. The van der Waals surface area contributed by atoms with E-state index in [-0.39, 0.29) is 17.3 Å². The molecule has 0 fully saturated rings. The predicted octanol–water partition coefficient (Wildman–Crippen LogP) is 3.54. The summed E-state index contributed by atoms with van der Waals surface area (Å²) in [5, 5.41) is 3.28. The van der Waals surface area contributed by atoms with E-state index in [1.807, 2.05) is 7.05 Å². The van der Waals surface area contributed by atoms with Gasteiger partial charge in [-0.05, 0) is 50.4 Å². The van der Waals surface area contributed by atoms with Gasteiger partial charge in [0.1, 0.15) is 17.7 Å². The summed E-state index contributed by atoms with van der Waals surface area (Å²) in [6.45, 7) is 6.74. The predicted molar refractivity (Wildman–Crippen MR) is 76.1 cm³/mol. The summed E-state index contributed by atoms with van der Waals surface area (Å²) in [5.74, 6) is 0.676. The molecule has 1 aromatic carbocycles. The molecule has 2 nitrogen and oxygen atoms in total. The Morgan fingerprint density at radius 1 is 1.47 bits per heavy atom. The van der Waals surface area contributed by atoms with Crippen LogP contribution < -0.4 is 10.1 Å². The minimum absolute atomic E-state index is 0.175. The standard InChI is InChI=1S/C16H24FNO/c1-11(18-4)9-16(2,3)10-14-8-12-7-13(17)5-6-15(12)19-14/h5-7,11,14,18H,8-10H2,1-4H3. The van der Waals surface area contributed by atoms with Gasteiger partial charge in [0.2, 0.25) is 0 Å². The average molecular weight is 265 g/mol. The molecule has 0 spiro atoms. The number of halogens is 1. The lowest BCUT2D eigenvalue weighted by Crippen LogP contribution is -2.32. The highest BCUT2D eigenvalue weighted by molar-refractivity contribution is 5.37. The zero-order valence-corrected chi connectivity index (χ0v) is 12.3. The van der Waals surface area contributed by atoms with Crippen LogP contribution in [0.2, 0.25) is 0 Å². The van der Waals surface area contributed by atoms with Gasteiger partial charge in [0, 0.05) is 18.0 Å². The first-order valence-electron chi connectivity index (χ1n) is 7.02. The third-order valence-electron chi connectivity index (χ3n) is 3.90. The van der Waals surface area contributed by atoms with Crippen molar-refractivity contribution in [3.8, 4) is 5.75 Å². The van der Waals surface area contributed by atoms with E-state index in [0.717, 1.165) is 30.6 Å². The van der Waals surface area contributed by atoms with Crippen molar-refractivity contribution >= 4 is 0 Å². The molecular weight excluding hydrogens is 241 g/mol. The number of benzene rings is 1. The SMILES string of the molecule is CNC(C)CC(C)(C)CC1Cc2cc(F)ccc2O1. The Kier molecular flexibility index (Phi) is 4.14. The molecule has 3 heteroatoms. The maximum Gasteiger partial charge on any atom is 0.123 e. The molecule has 2 atom stereocenters. The fourth-order valence-electron chi connectivity index (χ4n) is 3.03. The second-order valence-corrected chi connectivity index (χ2v) is 6.46. The number of rotatable bonds is 5. The fourth-order valence-corrected chi connectivity index (χ4v) is 3.03. The molecule has 0 saturated heterocycles. The molecule has 1 aromatic rings. The Morgan fingerprint density at radius 3 is 2.89 bits per heavy atom. The second kappa shape index (κ2) is 5.49. The summed E-state index contributed by atoms with van der Waals surface area (Å²) in [4.78, 5) is 0. The van der Waals surface area contributed by atoms with Gasteiger partial charge in [-0.1, -0.05) is 13.8 Å². The zero-order valence-electron chi connectivity index (χ0n) is 12.3. The molecule has 19 heavy (non-hydrogen) atoms. The number of fused-ring (bicyclic) bond motifs is 1. The Morgan fingerprint density at radius 2 is 2.21 bits per heavy atom. The molecule has 0 amide bonds. The van der Waals surface area contributed by atoms with Crippen molar-refractivity contribution < 1.29 is 9.13 Å². The van der Waals surface area contributed by atoms with Crippen molar-refractivity contribution in [2.24, 2.45) is 5.41 Å². The number of hydrogen-bond acceptors (Lipinski definition) is 2. The van der Waals surface area contributed by atoms with Crippen LogP contribution in [0, 0.1) is 11.2 Å². The van der Waals surface area contributed by atoms with Crippen LogP contribution in [0.5, 0.6) is 5.75 Å². The van der Waals surface area contributed by atoms with Crippen molar-refractivity contribution in [3.05, 3.63) is 29.6 Å². The first-order valence-corrected chi connectivity index (χ1v) is 7.02. The highest BCUT2D eigenvalue weighted by Crippen LogP contribution is 2.36. The highest BCUT2D eigenvalue weighted by Gasteiger charge is 2.30. The molecule has 0 aromatic heterocycles. The number of ether oxygens (including phenoxy) is 1. The van der Waals surface area contributed by atoms with Crippen molar-refractivity contribution in [2.45, 2.75) is 52.2 Å². The van der Waals surface area contributed by atoms with Crippen molar-refractivity contribution in [2.75, 3.05) is 7.05 Å². The van der Waals surface area contributed by atoms with Gasteiger partial charge in [-0.2, -0.15) is 0 Å². The lowest BCUT2D eigenvalue weighted by Gasteiger charge is -2.30. The zero-order chi connectivity index (χ0) is 14.0. The fraction of sp³-hybridized carbons (Fsp3) is 0.625. The van der Waals surface area contributed by atoms with Crippen molar-refractivity contribution in [1.82, 2.24) is 5.32 Å². The van der Waals surface area contributed by atoms with Gasteiger partial charge < -0.3 is 10.1 Å². The molecule has 106 valence electrons. The lowest BCUT2D eigenvalue weighted by molar-refractivity contribution is 0.143. The van der Waals surface area contributed by atoms with Gasteiger partial charge in [-0.15, -0.1) is 0 Å². The molecule has 1 N–H and O–H groups in total. The minimum atomic E-state index is -0.175. The van der Waals surface area contributed by atoms with Crippen LogP contribution in [-0.4, -0.2) is 19.2 Å². The van der Waals surface area contributed by atoms with Crippen LogP contribution in [-0.2, 0) is 6.42 Å². The molecule has 2 rings (SSSR count). The first-order chi connectivity index (χ1) is 8.89. The van der Waals surface area contributed by atoms with Gasteiger partial charge in [0.25, 0.3) is 0 Å². The summed E-state index contributed by atoms with van der Waals surface area (Å²) in [6.07, 6.45) is 3.10. The van der Waals surface area contributed by atoms with Gasteiger partial charge in [-0.3, -0.25) is 0 Å². The van der Waals surface area contributed by atoms with Gasteiger partial charge in [0.05, 0.1) is 0 Å². The molecular formula is C16H24FNO. The summed E-state index contributed by atoms with van der Waals surface area (Å²) >= 11 is 0. The lowest BCUT2D eigenvalue weighted by atomic mass is 9.80. The maximum atomic E-state index is 13.2. The molecule has 2 unspecified atom stereocenters. The average Bonchev–Trinajstić information content (AvgIpc) is 2.68. The molecule has 0 saturated carbocycles. The highest BCUT2D eigenvalue weighted by atomic mass is 19.1. The van der Waals surface area contributed by atoms with Crippen LogP contribution in [0.1, 0.15) is 39.2 Å². The van der Waals surface area contributed by atoms with E-state index >= 15 is 0 Å². The summed E-state index contributed by atoms with van der Waals surface area (Å²) in [5.41, 5.74) is 1.22. The van der Waals surface area contributed by atoms with E-state index in [1.54, 1.807) is 12.1 Å². The van der Waals surface area contributed by atoms with E-state index in [9.17, 15) is 4.39 Å². The van der Waals surface area contributed by atoms with Crippen LogP contribution >= 0.6 is 0 Å². The molecule has 1 heterocycles. The summed E-state index contributed by atoms with van der Waals surface area (Å²) in [7, 11) is 1.99. The second-order valence-electron chi connectivity index (χ2n) is 6.46. The van der Waals surface area contributed by atoms with Gasteiger partial charge >= 0.3 is 0 Å². The Hall–Kier alpha value is -1.09. The third-order valence-corrected chi connectivity index (χ3v) is 3.90. The Balaban J connectivity index is 1.96. The monoisotopic (exact) mass is 265 g/mol. The number of hydrogen-bond donors (Lipinski definition) is 1. The third kappa shape index (κ3) is 3.69. The smallest absolute Gasteiger partial charge is 0.123 e. The summed E-state index contributed by atoms with van der Waals surface area (Å²) in [6, 6.07) is 5.30. The van der Waals surface area contributed by atoms with Crippen LogP contribution in [0.3, 0.4) is 0 Å². The first kappa shape index (κ1) is 14.3. The van der Waals surface area contributed by atoms with E-state index in [4.69, 9.17) is 4.74 Å². The van der Waals surface area contributed by atoms with Gasteiger partial charge in [-0.25, -0.2) is 4.39 Å². The van der Waals surface area contributed by atoms with Crippen molar-refractivity contribution in [3.63, 3.8) is 0 Å². The minimum Gasteiger partial charge on any atom is -0.490 e. The van der Waals surface area contributed by atoms with E-state index in [2.05, 4.69) is 26.1 Å². The van der Waals surface area contributed by atoms with Crippen molar-refractivity contribution in [1.29, 1.82) is 0 Å². The molecule has 1 aliphatic heterocycles. The number of nitrogens with one attached hydrogen (secondary N) is 1. The maximum absolute atomic E-state index is 13.2. The van der Waals surface area contributed by atoms with Crippen LogP contribution in [0.4, 0.5) is 4.39 Å². The van der Waals surface area contributed by atoms with E-state index in [1.165, 1.54) is 6.07 Å². The summed E-state index contributed by atoms with van der Waals surface area (Å²) < 4.78 is 19.1. The van der Waals surface area contributed by atoms with E-state index < -0.39 is 0 Å². The molecule has 0 bridgehead atoms. The molecule has 0 aliphatic carbocycles. The van der Waals surface area contributed by atoms with Crippen LogP contribution in [0.15, 0.2) is 18.2 Å². The van der Waals surface area contributed by atoms with Gasteiger partial charge in [0.15, 0.2) is 0 Å². The normalized spacial score (nSPS) is 19.9. The Labute approximate surface area is 115 Å². The molecule has 1 aliphatic rings. The Bertz CT molecular complexity index is 444. The molecule has 0 radical (unpaired) electrons. The quantitative estimate of drug-likeness (QED) is 0.879. The van der Waals surface area contributed by atoms with Crippen LogP contribution in [0.25, 0.3) is 0 Å². The topological polar surface area (TPSA) is 21.3 Å².